The summed E-state index contributed by atoms with van der Waals surface area (Å²) in [5.74, 6) is 0. The summed E-state index contributed by atoms with van der Waals surface area (Å²) in [5.41, 5.74) is 1.99. The molecule has 1 aliphatic rings. The second kappa shape index (κ2) is 4.27. The summed E-state index contributed by atoms with van der Waals surface area (Å²) >= 11 is 0. The van der Waals surface area contributed by atoms with Crippen LogP contribution in [-0.4, -0.2) is 11.2 Å². The summed E-state index contributed by atoms with van der Waals surface area (Å²) in [7, 11) is 0. The molecule has 0 radical (unpaired) electrons. The van der Waals surface area contributed by atoms with Crippen LogP contribution in [0.1, 0.15) is 30.9 Å². The van der Waals surface area contributed by atoms with Gasteiger partial charge >= 0.3 is 0 Å². The molecule has 0 aliphatic heterocycles. The molecule has 2 atom stereocenters. The summed E-state index contributed by atoms with van der Waals surface area (Å²) in [4.78, 5) is 0. The van der Waals surface area contributed by atoms with Crippen LogP contribution in [0.25, 0.3) is 0 Å². The van der Waals surface area contributed by atoms with Crippen molar-refractivity contribution in [1.29, 1.82) is 5.26 Å². The summed E-state index contributed by atoms with van der Waals surface area (Å²) in [6.45, 7) is 1.93. The second-order valence-corrected chi connectivity index (χ2v) is 4.64. The molecular weight excluding hydrogens is 198 g/mol. The number of hydrogen-bond acceptors (Lipinski definition) is 2. The molecule has 2 unspecified atom stereocenters. The number of nitrogens with zero attached hydrogens (tertiary/aromatic N) is 1. The SMILES string of the molecule is CCC(O)C1(C#N)CCc2ccccc2C1. The Hall–Kier alpha value is -1.33. The van der Waals surface area contributed by atoms with Gasteiger partial charge in [0.05, 0.1) is 17.6 Å². The molecule has 0 aromatic heterocycles. The lowest BCUT2D eigenvalue weighted by Gasteiger charge is -2.35. The van der Waals surface area contributed by atoms with E-state index >= 15 is 0 Å². The predicted octanol–water partition coefficient (Wildman–Crippen LogP) is 2.46. The Bertz CT molecular complexity index is 421. The van der Waals surface area contributed by atoms with Gasteiger partial charge in [-0.05, 0) is 36.8 Å². The van der Waals surface area contributed by atoms with Gasteiger partial charge in [0.2, 0.25) is 0 Å². The van der Waals surface area contributed by atoms with Gasteiger partial charge in [-0.2, -0.15) is 5.26 Å². The van der Waals surface area contributed by atoms with E-state index < -0.39 is 11.5 Å². The van der Waals surface area contributed by atoms with E-state index in [-0.39, 0.29) is 0 Å². The Morgan fingerprint density at radius 3 is 2.75 bits per heavy atom. The lowest BCUT2D eigenvalue weighted by atomic mass is 9.68. The van der Waals surface area contributed by atoms with Gasteiger partial charge in [-0.15, -0.1) is 0 Å². The Kier molecular flexibility index (Phi) is 2.98. The number of fused-ring (bicyclic) bond motifs is 1. The van der Waals surface area contributed by atoms with Crippen LogP contribution in [0, 0.1) is 16.7 Å². The Balaban J connectivity index is 2.33. The molecule has 2 heteroatoms. The molecule has 2 rings (SSSR count). The summed E-state index contributed by atoms with van der Waals surface area (Å²) < 4.78 is 0. The number of aryl methyl sites for hydroxylation is 1. The van der Waals surface area contributed by atoms with Crippen molar-refractivity contribution in [3.8, 4) is 6.07 Å². The van der Waals surface area contributed by atoms with Crippen LogP contribution in [0.3, 0.4) is 0 Å². The van der Waals surface area contributed by atoms with Crippen LogP contribution in [0.4, 0.5) is 0 Å². The summed E-state index contributed by atoms with van der Waals surface area (Å²) in [6.07, 6.45) is 2.51. The monoisotopic (exact) mass is 215 g/mol. The van der Waals surface area contributed by atoms with Crippen LogP contribution in [0.5, 0.6) is 0 Å². The maximum atomic E-state index is 10.0. The lowest BCUT2D eigenvalue weighted by molar-refractivity contribution is 0.0504. The standard InChI is InChI=1S/C14H17NO/c1-2-13(16)14(10-15)8-7-11-5-3-4-6-12(11)9-14/h3-6,13,16H,2,7-9H2,1H3. The zero-order valence-electron chi connectivity index (χ0n) is 9.61. The molecule has 0 amide bonds. The fourth-order valence-electron chi connectivity index (χ4n) is 2.60. The lowest BCUT2D eigenvalue weighted by Crippen LogP contribution is -2.38. The Labute approximate surface area is 96.5 Å². The summed E-state index contributed by atoms with van der Waals surface area (Å²) in [6, 6.07) is 10.6. The second-order valence-electron chi connectivity index (χ2n) is 4.64. The van der Waals surface area contributed by atoms with Gasteiger partial charge in [-0.25, -0.2) is 0 Å². The molecule has 16 heavy (non-hydrogen) atoms. The molecule has 1 aliphatic carbocycles. The average molecular weight is 215 g/mol. The number of benzene rings is 1. The molecule has 1 N–H and O–H groups in total. The summed E-state index contributed by atoms with van der Waals surface area (Å²) in [5, 5.41) is 19.4. The first kappa shape index (κ1) is 11.2. The zero-order valence-corrected chi connectivity index (χ0v) is 9.61. The highest BCUT2D eigenvalue weighted by atomic mass is 16.3. The van der Waals surface area contributed by atoms with Crippen molar-refractivity contribution < 1.29 is 5.11 Å². The van der Waals surface area contributed by atoms with Crippen molar-refractivity contribution in [1.82, 2.24) is 0 Å². The minimum atomic E-state index is -0.566. The maximum Gasteiger partial charge on any atom is 0.0875 e. The average Bonchev–Trinajstić information content (AvgIpc) is 2.37. The van der Waals surface area contributed by atoms with Crippen molar-refractivity contribution in [2.45, 2.75) is 38.7 Å². The van der Waals surface area contributed by atoms with Crippen molar-refractivity contribution in [3.05, 3.63) is 35.4 Å². The van der Waals surface area contributed by atoms with E-state index in [0.717, 1.165) is 12.8 Å². The predicted molar refractivity (Wildman–Crippen MR) is 62.8 cm³/mol. The third-order valence-corrected chi connectivity index (χ3v) is 3.71. The van der Waals surface area contributed by atoms with Gasteiger partial charge in [-0.1, -0.05) is 31.2 Å². The molecular formula is C14H17NO. The Morgan fingerprint density at radius 1 is 1.44 bits per heavy atom. The molecule has 0 heterocycles. The highest BCUT2D eigenvalue weighted by molar-refractivity contribution is 5.33. The molecule has 1 aromatic rings. The minimum absolute atomic E-state index is 0.508. The zero-order chi connectivity index (χ0) is 11.6. The van der Waals surface area contributed by atoms with Crippen LogP contribution >= 0.6 is 0 Å². The number of hydrogen-bond donors (Lipinski definition) is 1. The smallest absolute Gasteiger partial charge is 0.0875 e. The molecule has 2 nitrogen and oxygen atoms in total. The largest absolute Gasteiger partial charge is 0.391 e. The molecule has 84 valence electrons. The fourth-order valence-corrected chi connectivity index (χ4v) is 2.60. The van der Waals surface area contributed by atoms with Crippen molar-refractivity contribution in [3.63, 3.8) is 0 Å². The first-order chi connectivity index (χ1) is 7.72. The van der Waals surface area contributed by atoms with Gasteiger partial charge in [0, 0.05) is 0 Å². The van der Waals surface area contributed by atoms with Crippen LogP contribution < -0.4 is 0 Å². The highest BCUT2D eigenvalue weighted by Crippen LogP contribution is 2.38. The van der Waals surface area contributed by atoms with E-state index in [1.165, 1.54) is 11.1 Å². The first-order valence-corrected chi connectivity index (χ1v) is 5.88. The van der Waals surface area contributed by atoms with Crippen LogP contribution in [0.2, 0.25) is 0 Å². The molecule has 0 spiro atoms. The van der Waals surface area contributed by atoms with Gasteiger partial charge in [0.1, 0.15) is 0 Å². The molecule has 0 saturated heterocycles. The normalized spacial score (nSPS) is 25.6. The molecule has 0 bridgehead atoms. The van der Waals surface area contributed by atoms with E-state index in [1.54, 1.807) is 0 Å². The van der Waals surface area contributed by atoms with E-state index in [1.807, 2.05) is 19.1 Å². The van der Waals surface area contributed by atoms with Gasteiger partial charge in [0.25, 0.3) is 0 Å². The first-order valence-electron chi connectivity index (χ1n) is 5.88. The fraction of sp³-hybridized carbons (Fsp3) is 0.500. The van der Waals surface area contributed by atoms with Gasteiger partial charge in [0.15, 0.2) is 0 Å². The van der Waals surface area contributed by atoms with E-state index in [0.29, 0.717) is 12.8 Å². The number of rotatable bonds is 2. The topological polar surface area (TPSA) is 44.0 Å². The number of aliphatic hydroxyl groups is 1. The van der Waals surface area contributed by atoms with Crippen molar-refractivity contribution >= 4 is 0 Å². The van der Waals surface area contributed by atoms with Crippen LogP contribution in [0.15, 0.2) is 24.3 Å². The maximum absolute atomic E-state index is 10.0. The van der Waals surface area contributed by atoms with E-state index in [4.69, 9.17) is 0 Å². The van der Waals surface area contributed by atoms with Crippen LogP contribution in [-0.2, 0) is 12.8 Å². The molecule has 0 fully saturated rings. The third-order valence-electron chi connectivity index (χ3n) is 3.71. The van der Waals surface area contributed by atoms with Crippen molar-refractivity contribution in [2.75, 3.05) is 0 Å². The van der Waals surface area contributed by atoms with Gasteiger partial charge in [-0.3, -0.25) is 0 Å². The van der Waals surface area contributed by atoms with E-state index in [9.17, 15) is 10.4 Å². The molecule has 1 aromatic carbocycles. The van der Waals surface area contributed by atoms with Gasteiger partial charge < -0.3 is 5.11 Å². The quantitative estimate of drug-likeness (QED) is 0.823. The number of nitriles is 1. The Morgan fingerprint density at radius 2 is 2.12 bits per heavy atom. The highest BCUT2D eigenvalue weighted by Gasteiger charge is 2.40. The minimum Gasteiger partial charge on any atom is -0.391 e. The van der Waals surface area contributed by atoms with Crippen molar-refractivity contribution in [2.24, 2.45) is 5.41 Å². The molecule has 0 saturated carbocycles. The van der Waals surface area contributed by atoms with E-state index in [2.05, 4.69) is 18.2 Å². The third kappa shape index (κ3) is 1.72. The number of aliphatic hydroxyl groups excluding tert-OH is 1.